The molecule has 1 heterocycles. The van der Waals surface area contributed by atoms with Crippen LogP contribution in [0.4, 0.5) is 5.00 Å². The molecule has 1 aromatic heterocycles. The van der Waals surface area contributed by atoms with Crippen molar-refractivity contribution in [2.75, 3.05) is 11.9 Å². The normalized spacial score (nSPS) is 11.7. The largest absolute Gasteiger partial charge is 0.479 e. The van der Waals surface area contributed by atoms with Gasteiger partial charge < -0.3 is 20.8 Å². The highest BCUT2D eigenvalue weighted by atomic mass is 32.1. The number of carboxylic acids is 1. The highest BCUT2D eigenvalue weighted by molar-refractivity contribution is 7.18. The van der Waals surface area contributed by atoms with Gasteiger partial charge in [0.05, 0.1) is 16.4 Å². The van der Waals surface area contributed by atoms with Crippen molar-refractivity contribution in [1.82, 2.24) is 5.32 Å². The number of carbonyl (C=O) groups excluding carboxylic acids is 2. The molecule has 0 aliphatic carbocycles. The maximum absolute atomic E-state index is 11.6. The second-order valence-electron chi connectivity index (χ2n) is 3.41. The van der Waals surface area contributed by atoms with E-state index in [1.807, 2.05) is 0 Å². The number of carboxylic acid groups (broad SMARTS) is 1. The highest BCUT2D eigenvalue weighted by Gasteiger charge is 2.16. The Morgan fingerprint density at radius 1 is 1.39 bits per heavy atom. The van der Waals surface area contributed by atoms with E-state index < -0.39 is 18.0 Å². The molecule has 7 nitrogen and oxygen atoms in total. The second-order valence-corrected chi connectivity index (χ2v) is 4.49. The summed E-state index contributed by atoms with van der Waals surface area (Å²) in [6, 6.07) is 3.06. The van der Waals surface area contributed by atoms with Gasteiger partial charge in [0.25, 0.3) is 5.91 Å². The van der Waals surface area contributed by atoms with Crippen LogP contribution in [-0.4, -0.2) is 40.6 Å². The molecule has 0 aromatic carbocycles. The highest BCUT2D eigenvalue weighted by Crippen LogP contribution is 2.21. The van der Waals surface area contributed by atoms with Gasteiger partial charge >= 0.3 is 5.97 Å². The van der Waals surface area contributed by atoms with E-state index in [2.05, 4.69) is 10.6 Å². The number of aliphatic hydroxyl groups excluding tert-OH is 1. The molecule has 8 heteroatoms. The topological polar surface area (TPSA) is 116 Å². The molecule has 0 aliphatic heterocycles. The third kappa shape index (κ3) is 4.15. The third-order valence-electron chi connectivity index (χ3n) is 1.87. The summed E-state index contributed by atoms with van der Waals surface area (Å²) in [6.45, 7) is 0.976. The summed E-state index contributed by atoms with van der Waals surface area (Å²) in [6.07, 6.45) is -1.64. The molecule has 0 saturated heterocycles. The average Bonchev–Trinajstić information content (AvgIpc) is 2.72. The average molecular weight is 272 g/mol. The zero-order valence-corrected chi connectivity index (χ0v) is 10.3. The van der Waals surface area contributed by atoms with Crippen molar-refractivity contribution >= 4 is 34.1 Å². The zero-order valence-electron chi connectivity index (χ0n) is 9.47. The Morgan fingerprint density at radius 3 is 2.61 bits per heavy atom. The van der Waals surface area contributed by atoms with Crippen molar-refractivity contribution in [3.8, 4) is 0 Å². The molecule has 0 radical (unpaired) electrons. The summed E-state index contributed by atoms with van der Waals surface area (Å²) in [7, 11) is 0. The molecule has 1 atom stereocenters. The Bertz CT molecular complexity index is 471. The lowest BCUT2D eigenvalue weighted by atomic mass is 10.3. The molecular weight excluding hydrogens is 260 g/mol. The van der Waals surface area contributed by atoms with E-state index in [1.165, 1.54) is 13.0 Å². The monoisotopic (exact) mass is 272 g/mol. The molecule has 18 heavy (non-hydrogen) atoms. The lowest BCUT2D eigenvalue weighted by molar-refractivity contribution is -0.146. The smallest absolute Gasteiger partial charge is 0.334 e. The fourth-order valence-electron chi connectivity index (χ4n) is 1.06. The van der Waals surface area contributed by atoms with E-state index in [0.29, 0.717) is 9.88 Å². The summed E-state index contributed by atoms with van der Waals surface area (Å²) in [5, 5.41) is 22.7. The minimum atomic E-state index is -1.64. The Labute approximate surface area is 106 Å². The molecule has 0 fully saturated rings. The molecule has 1 aromatic rings. The first-order valence-electron chi connectivity index (χ1n) is 4.96. The molecule has 0 saturated carbocycles. The summed E-state index contributed by atoms with van der Waals surface area (Å²) in [5.74, 6) is -2.15. The van der Waals surface area contributed by atoms with Crippen LogP contribution in [0.1, 0.15) is 16.6 Å². The number of rotatable bonds is 5. The summed E-state index contributed by atoms with van der Waals surface area (Å²) >= 11 is 1.06. The first kappa shape index (κ1) is 14.1. The van der Waals surface area contributed by atoms with Crippen LogP contribution in [-0.2, 0) is 9.59 Å². The minimum absolute atomic E-state index is 0.245. The molecule has 0 bridgehead atoms. The summed E-state index contributed by atoms with van der Waals surface area (Å²) in [5.41, 5.74) is 0. The number of aliphatic carboxylic acids is 1. The van der Waals surface area contributed by atoms with Crippen molar-refractivity contribution in [3.63, 3.8) is 0 Å². The number of hydrogen-bond donors (Lipinski definition) is 4. The van der Waals surface area contributed by atoms with E-state index in [-0.39, 0.29) is 12.5 Å². The van der Waals surface area contributed by atoms with Crippen molar-refractivity contribution in [1.29, 1.82) is 0 Å². The fourth-order valence-corrected chi connectivity index (χ4v) is 1.93. The van der Waals surface area contributed by atoms with Gasteiger partial charge in [0.2, 0.25) is 5.91 Å². The molecule has 0 aliphatic rings. The molecule has 98 valence electrons. The Balaban J connectivity index is 2.54. The molecule has 2 amide bonds. The minimum Gasteiger partial charge on any atom is -0.479 e. The van der Waals surface area contributed by atoms with Crippen LogP contribution in [0, 0.1) is 0 Å². The van der Waals surface area contributed by atoms with Crippen LogP contribution in [0.5, 0.6) is 0 Å². The van der Waals surface area contributed by atoms with Crippen molar-refractivity contribution < 1.29 is 24.6 Å². The quantitative estimate of drug-likeness (QED) is 0.596. The van der Waals surface area contributed by atoms with Crippen molar-refractivity contribution in [2.24, 2.45) is 0 Å². The zero-order chi connectivity index (χ0) is 13.7. The summed E-state index contributed by atoms with van der Waals surface area (Å²) in [4.78, 5) is 33.0. The standard InChI is InChI=1S/C10H12N2O5S/c1-5(13)12-8-3-2-7(18-8)9(15)11-4-6(14)10(16)17/h2-3,6,14H,4H2,1H3,(H,11,15)(H,12,13)(H,16,17). The number of thiophene rings is 1. The number of nitrogens with one attached hydrogen (secondary N) is 2. The lowest BCUT2D eigenvalue weighted by Gasteiger charge is -2.06. The maximum atomic E-state index is 11.6. The van der Waals surface area contributed by atoms with Gasteiger partial charge in [0.15, 0.2) is 6.10 Å². The molecular formula is C10H12N2O5S. The van der Waals surface area contributed by atoms with E-state index in [1.54, 1.807) is 6.07 Å². The predicted molar refractivity (Wildman–Crippen MR) is 64.6 cm³/mol. The number of anilines is 1. The van der Waals surface area contributed by atoms with Gasteiger partial charge in [-0.3, -0.25) is 9.59 Å². The third-order valence-corrected chi connectivity index (χ3v) is 2.87. The Kier molecular flexibility index (Phi) is 4.81. The van der Waals surface area contributed by atoms with Gasteiger partial charge in [-0.15, -0.1) is 11.3 Å². The number of hydrogen-bond acceptors (Lipinski definition) is 5. The number of amides is 2. The number of carbonyl (C=O) groups is 3. The molecule has 1 unspecified atom stereocenters. The first-order valence-corrected chi connectivity index (χ1v) is 5.78. The molecule has 4 N–H and O–H groups in total. The van der Waals surface area contributed by atoms with Crippen LogP contribution in [0.25, 0.3) is 0 Å². The predicted octanol–water partition coefficient (Wildman–Crippen LogP) is -0.118. The van der Waals surface area contributed by atoms with Gasteiger partial charge in [-0.2, -0.15) is 0 Å². The Morgan fingerprint density at radius 2 is 2.06 bits per heavy atom. The van der Waals surface area contributed by atoms with E-state index in [9.17, 15) is 14.4 Å². The summed E-state index contributed by atoms with van der Waals surface area (Å²) < 4.78 is 0. The van der Waals surface area contributed by atoms with E-state index >= 15 is 0 Å². The number of aliphatic hydroxyl groups is 1. The Hall–Kier alpha value is -1.93. The molecule has 0 spiro atoms. The van der Waals surface area contributed by atoms with Crippen LogP contribution in [0.2, 0.25) is 0 Å². The maximum Gasteiger partial charge on any atom is 0.334 e. The van der Waals surface area contributed by atoms with Gasteiger partial charge in [0, 0.05) is 6.92 Å². The second kappa shape index (κ2) is 6.12. The van der Waals surface area contributed by atoms with Gasteiger partial charge in [-0.1, -0.05) is 0 Å². The fraction of sp³-hybridized carbons (Fsp3) is 0.300. The van der Waals surface area contributed by atoms with E-state index in [4.69, 9.17) is 10.2 Å². The van der Waals surface area contributed by atoms with Crippen LogP contribution < -0.4 is 10.6 Å². The van der Waals surface area contributed by atoms with Crippen LogP contribution >= 0.6 is 11.3 Å². The van der Waals surface area contributed by atoms with Crippen LogP contribution in [0.15, 0.2) is 12.1 Å². The first-order chi connectivity index (χ1) is 8.40. The van der Waals surface area contributed by atoms with E-state index in [0.717, 1.165) is 11.3 Å². The van der Waals surface area contributed by atoms with Gasteiger partial charge in [-0.25, -0.2) is 4.79 Å². The van der Waals surface area contributed by atoms with Crippen LogP contribution in [0.3, 0.4) is 0 Å². The van der Waals surface area contributed by atoms with Crippen molar-refractivity contribution in [2.45, 2.75) is 13.0 Å². The van der Waals surface area contributed by atoms with Crippen molar-refractivity contribution in [3.05, 3.63) is 17.0 Å². The SMILES string of the molecule is CC(=O)Nc1ccc(C(=O)NCC(O)C(=O)O)s1. The van der Waals surface area contributed by atoms with Gasteiger partial charge in [-0.05, 0) is 12.1 Å². The van der Waals surface area contributed by atoms with Gasteiger partial charge in [0.1, 0.15) is 0 Å². The lowest BCUT2D eigenvalue weighted by Crippen LogP contribution is -2.36. The molecule has 1 rings (SSSR count).